The number of hydrogen-bond donors (Lipinski definition) is 1. The SMILES string of the molecule is CCOC(=O)c1cnn(C)c1NC(=O)CCn1cc(Br)cn1. The molecule has 0 saturated carbocycles. The molecule has 0 aliphatic carbocycles. The maximum Gasteiger partial charge on any atom is 0.343 e. The van der Waals surface area contributed by atoms with Crippen LogP contribution in [0, 0.1) is 0 Å². The van der Waals surface area contributed by atoms with Crippen LogP contribution in [-0.2, 0) is 23.1 Å². The molecular weight excluding hydrogens is 354 g/mol. The fraction of sp³-hybridized carbons (Fsp3) is 0.385. The van der Waals surface area contributed by atoms with Gasteiger partial charge in [0.2, 0.25) is 5.91 Å². The highest BCUT2D eigenvalue weighted by Gasteiger charge is 2.19. The van der Waals surface area contributed by atoms with Crippen LogP contribution >= 0.6 is 15.9 Å². The first-order valence-corrected chi connectivity index (χ1v) is 7.47. The van der Waals surface area contributed by atoms with Crippen molar-refractivity contribution in [3.05, 3.63) is 28.6 Å². The first-order valence-electron chi connectivity index (χ1n) is 6.68. The Morgan fingerprint density at radius 3 is 2.77 bits per heavy atom. The first kappa shape index (κ1) is 16.2. The van der Waals surface area contributed by atoms with E-state index in [4.69, 9.17) is 4.74 Å². The highest BCUT2D eigenvalue weighted by atomic mass is 79.9. The number of carbonyl (C=O) groups is 2. The minimum Gasteiger partial charge on any atom is -0.462 e. The number of ether oxygens (including phenoxy) is 1. The van der Waals surface area contributed by atoms with Crippen molar-refractivity contribution in [1.29, 1.82) is 0 Å². The quantitative estimate of drug-likeness (QED) is 0.780. The Labute approximate surface area is 135 Å². The Kier molecular flexibility index (Phi) is 5.31. The van der Waals surface area contributed by atoms with E-state index in [1.807, 2.05) is 0 Å². The zero-order chi connectivity index (χ0) is 16.1. The zero-order valence-corrected chi connectivity index (χ0v) is 13.8. The lowest BCUT2D eigenvalue weighted by Gasteiger charge is -2.08. The van der Waals surface area contributed by atoms with Gasteiger partial charge in [-0.25, -0.2) is 4.79 Å². The number of carbonyl (C=O) groups excluding carboxylic acids is 2. The molecule has 118 valence electrons. The van der Waals surface area contributed by atoms with Gasteiger partial charge in [-0.15, -0.1) is 0 Å². The summed E-state index contributed by atoms with van der Waals surface area (Å²) in [6.45, 7) is 2.41. The third-order valence-corrected chi connectivity index (χ3v) is 3.27. The second kappa shape index (κ2) is 7.21. The molecule has 0 bridgehead atoms. The van der Waals surface area contributed by atoms with Gasteiger partial charge in [-0.2, -0.15) is 10.2 Å². The van der Waals surface area contributed by atoms with Crippen molar-refractivity contribution in [2.45, 2.75) is 19.9 Å². The Morgan fingerprint density at radius 1 is 1.36 bits per heavy atom. The van der Waals surface area contributed by atoms with Crippen LogP contribution in [0.3, 0.4) is 0 Å². The highest BCUT2D eigenvalue weighted by Crippen LogP contribution is 2.16. The number of anilines is 1. The van der Waals surface area contributed by atoms with Crippen LogP contribution < -0.4 is 5.32 Å². The molecule has 2 aromatic heterocycles. The van der Waals surface area contributed by atoms with Gasteiger partial charge in [-0.1, -0.05) is 0 Å². The number of aromatic nitrogens is 4. The van der Waals surface area contributed by atoms with Gasteiger partial charge < -0.3 is 10.1 Å². The van der Waals surface area contributed by atoms with Crippen molar-refractivity contribution in [1.82, 2.24) is 19.6 Å². The van der Waals surface area contributed by atoms with Crippen LogP contribution in [0.5, 0.6) is 0 Å². The molecule has 0 atom stereocenters. The summed E-state index contributed by atoms with van der Waals surface area (Å²) in [7, 11) is 1.64. The van der Waals surface area contributed by atoms with Crippen LogP contribution in [-0.4, -0.2) is 38.0 Å². The van der Waals surface area contributed by atoms with Crippen molar-refractivity contribution in [2.24, 2.45) is 7.05 Å². The largest absolute Gasteiger partial charge is 0.462 e. The molecule has 0 spiro atoms. The van der Waals surface area contributed by atoms with Crippen LogP contribution in [0.1, 0.15) is 23.7 Å². The predicted octanol–water partition coefficient (Wildman–Crippen LogP) is 1.58. The van der Waals surface area contributed by atoms with Gasteiger partial charge in [0.15, 0.2) is 0 Å². The summed E-state index contributed by atoms with van der Waals surface area (Å²) in [4.78, 5) is 23.8. The fourth-order valence-electron chi connectivity index (χ4n) is 1.82. The number of rotatable bonds is 6. The van der Waals surface area contributed by atoms with Gasteiger partial charge in [0.1, 0.15) is 11.4 Å². The minimum absolute atomic E-state index is 0.224. The number of halogens is 1. The average Bonchev–Trinajstić information content (AvgIpc) is 3.04. The van der Waals surface area contributed by atoms with Crippen molar-refractivity contribution in [3.63, 3.8) is 0 Å². The van der Waals surface area contributed by atoms with Gasteiger partial charge >= 0.3 is 5.97 Å². The van der Waals surface area contributed by atoms with Crippen LogP contribution in [0.2, 0.25) is 0 Å². The Morgan fingerprint density at radius 2 is 2.14 bits per heavy atom. The second-order valence-electron chi connectivity index (χ2n) is 4.47. The van der Waals surface area contributed by atoms with Gasteiger partial charge in [0, 0.05) is 26.2 Å². The lowest BCUT2D eigenvalue weighted by Crippen LogP contribution is -2.19. The van der Waals surface area contributed by atoms with Crippen LogP contribution in [0.15, 0.2) is 23.1 Å². The molecule has 1 amide bonds. The number of hydrogen-bond acceptors (Lipinski definition) is 5. The molecule has 2 rings (SSSR count). The molecule has 0 saturated heterocycles. The average molecular weight is 370 g/mol. The number of amides is 1. The predicted molar refractivity (Wildman–Crippen MR) is 82.3 cm³/mol. The van der Waals surface area contributed by atoms with Gasteiger partial charge in [0.05, 0.1) is 23.5 Å². The van der Waals surface area contributed by atoms with E-state index in [1.54, 1.807) is 31.0 Å². The molecule has 22 heavy (non-hydrogen) atoms. The molecule has 0 radical (unpaired) electrons. The molecule has 0 fully saturated rings. The van der Waals surface area contributed by atoms with Crippen molar-refractivity contribution in [3.8, 4) is 0 Å². The molecule has 0 aromatic carbocycles. The van der Waals surface area contributed by atoms with Crippen LogP contribution in [0.25, 0.3) is 0 Å². The Bertz CT molecular complexity index is 679. The van der Waals surface area contributed by atoms with E-state index < -0.39 is 5.97 Å². The number of nitrogens with one attached hydrogen (secondary N) is 1. The first-order chi connectivity index (χ1) is 10.5. The molecule has 9 heteroatoms. The summed E-state index contributed by atoms with van der Waals surface area (Å²) in [5, 5.41) is 10.7. The normalized spacial score (nSPS) is 10.5. The fourth-order valence-corrected chi connectivity index (χ4v) is 2.14. The molecule has 2 aromatic rings. The van der Waals surface area contributed by atoms with E-state index in [0.29, 0.717) is 12.4 Å². The summed E-state index contributed by atoms with van der Waals surface area (Å²) in [6, 6.07) is 0. The standard InChI is InChI=1S/C13H16BrN5O3/c1-3-22-13(21)10-7-15-18(2)12(10)17-11(20)4-5-19-8-9(14)6-16-19/h6-8H,3-5H2,1-2H3,(H,17,20). The van der Waals surface area contributed by atoms with Gasteiger partial charge in [-0.3, -0.25) is 14.2 Å². The summed E-state index contributed by atoms with van der Waals surface area (Å²) in [5.41, 5.74) is 0.236. The molecular formula is C13H16BrN5O3. The number of esters is 1. The summed E-state index contributed by atoms with van der Waals surface area (Å²) < 4.78 is 8.86. The number of nitrogens with zero attached hydrogens (tertiary/aromatic N) is 4. The number of aryl methyl sites for hydroxylation is 2. The van der Waals surface area contributed by atoms with E-state index in [1.165, 1.54) is 10.9 Å². The molecule has 0 aliphatic heterocycles. The van der Waals surface area contributed by atoms with E-state index in [0.717, 1.165) is 4.47 Å². The topological polar surface area (TPSA) is 91.0 Å². The molecule has 2 heterocycles. The van der Waals surface area contributed by atoms with Gasteiger partial charge in [-0.05, 0) is 22.9 Å². The van der Waals surface area contributed by atoms with Gasteiger partial charge in [0.25, 0.3) is 0 Å². The van der Waals surface area contributed by atoms with Crippen molar-refractivity contribution >= 4 is 33.6 Å². The monoisotopic (exact) mass is 369 g/mol. The van der Waals surface area contributed by atoms with Crippen LogP contribution in [0.4, 0.5) is 5.82 Å². The molecule has 0 aliphatic rings. The van der Waals surface area contributed by atoms with Crippen molar-refractivity contribution in [2.75, 3.05) is 11.9 Å². The minimum atomic E-state index is -0.512. The Hall–Kier alpha value is -2.16. The second-order valence-corrected chi connectivity index (χ2v) is 5.39. The summed E-state index contributed by atoms with van der Waals surface area (Å²) >= 11 is 3.29. The maximum atomic E-state index is 12.0. The highest BCUT2D eigenvalue weighted by molar-refractivity contribution is 9.10. The van der Waals surface area contributed by atoms with E-state index >= 15 is 0 Å². The molecule has 0 unspecified atom stereocenters. The summed E-state index contributed by atoms with van der Waals surface area (Å²) in [5.74, 6) is -0.423. The smallest absolute Gasteiger partial charge is 0.343 e. The van der Waals surface area contributed by atoms with E-state index in [2.05, 4.69) is 31.4 Å². The lowest BCUT2D eigenvalue weighted by molar-refractivity contribution is -0.116. The molecule has 8 nitrogen and oxygen atoms in total. The summed E-state index contributed by atoms with van der Waals surface area (Å²) in [6.07, 6.45) is 5.03. The third kappa shape index (κ3) is 3.94. The Balaban J connectivity index is 1.99. The van der Waals surface area contributed by atoms with E-state index in [-0.39, 0.29) is 24.5 Å². The zero-order valence-electron chi connectivity index (χ0n) is 12.2. The molecule has 1 N–H and O–H groups in total. The lowest BCUT2D eigenvalue weighted by atomic mass is 10.3. The third-order valence-electron chi connectivity index (χ3n) is 2.86. The van der Waals surface area contributed by atoms with Crippen molar-refractivity contribution < 1.29 is 14.3 Å². The van der Waals surface area contributed by atoms with E-state index in [9.17, 15) is 9.59 Å². The maximum absolute atomic E-state index is 12.0.